The first-order valence-corrected chi connectivity index (χ1v) is 11.9. The Bertz CT molecular complexity index is 722. The Kier molecular flexibility index (Phi) is 12.7. The number of rotatable bonds is 17. The average molecular weight is 462 g/mol. The molecule has 0 spiro atoms. The molecule has 1 aromatic rings. The van der Waals surface area contributed by atoms with Crippen molar-refractivity contribution in [2.45, 2.75) is 77.7 Å². The molecule has 186 valence electrons. The molecule has 7 nitrogen and oxygen atoms in total. The van der Waals surface area contributed by atoms with Crippen LogP contribution in [0.25, 0.3) is 0 Å². The largest absolute Gasteiger partial charge is 0.484 e. The number of amides is 1. The van der Waals surface area contributed by atoms with E-state index in [1.165, 1.54) is 0 Å². The predicted octanol–water partition coefficient (Wildman–Crippen LogP) is 2.92. The minimum Gasteiger partial charge on any atom is -0.484 e. The van der Waals surface area contributed by atoms with Crippen LogP contribution < -0.4 is 15.8 Å². The maximum absolute atomic E-state index is 12.1. The minimum absolute atomic E-state index is 0.0433. The van der Waals surface area contributed by atoms with Crippen LogP contribution in [0.4, 0.5) is 0 Å². The third-order valence-electron chi connectivity index (χ3n) is 5.70. The van der Waals surface area contributed by atoms with Crippen LogP contribution in [-0.2, 0) is 25.5 Å². The van der Waals surface area contributed by atoms with Crippen molar-refractivity contribution in [3.05, 3.63) is 29.8 Å². The first kappa shape index (κ1) is 29.1. The molecule has 0 heterocycles. The lowest BCUT2D eigenvalue weighted by Gasteiger charge is -2.29. The highest BCUT2D eigenvalue weighted by Gasteiger charge is 2.22. The van der Waals surface area contributed by atoms with Gasteiger partial charge < -0.3 is 30.1 Å². The van der Waals surface area contributed by atoms with Gasteiger partial charge in [0.15, 0.2) is 6.61 Å². The topological polar surface area (TPSA) is 99.9 Å². The van der Waals surface area contributed by atoms with Crippen molar-refractivity contribution in [3.63, 3.8) is 0 Å². The van der Waals surface area contributed by atoms with E-state index < -0.39 is 0 Å². The van der Waals surface area contributed by atoms with E-state index >= 15 is 0 Å². The second-order valence-electron chi connectivity index (χ2n) is 9.71. The Balaban J connectivity index is 2.30. The van der Waals surface area contributed by atoms with E-state index in [4.69, 9.17) is 19.9 Å². The first-order chi connectivity index (χ1) is 15.5. The van der Waals surface area contributed by atoms with Crippen LogP contribution in [0.2, 0.25) is 12.6 Å². The fraction of sp³-hybridized carbons (Fsp3) is 0.680. The van der Waals surface area contributed by atoms with Crippen LogP contribution in [0.15, 0.2) is 24.3 Å². The molecule has 1 rings (SSSR count). The Hall–Kier alpha value is -1.90. The Labute approximate surface area is 200 Å². The molecule has 3 N–H and O–H groups in total. The van der Waals surface area contributed by atoms with E-state index in [1.54, 1.807) is 6.92 Å². The number of hydrogen-bond donors (Lipinski definition) is 2. The van der Waals surface area contributed by atoms with E-state index in [0.717, 1.165) is 25.7 Å². The van der Waals surface area contributed by atoms with Crippen molar-refractivity contribution in [2.75, 3.05) is 32.9 Å². The molecule has 0 aliphatic heterocycles. The van der Waals surface area contributed by atoms with Gasteiger partial charge in [0.2, 0.25) is 0 Å². The zero-order valence-corrected chi connectivity index (χ0v) is 21.4. The van der Waals surface area contributed by atoms with Gasteiger partial charge in [-0.25, -0.2) is 0 Å². The van der Waals surface area contributed by atoms with Crippen molar-refractivity contribution in [1.82, 2.24) is 5.32 Å². The molecule has 0 aliphatic rings. The molecule has 0 aromatic heterocycles. The van der Waals surface area contributed by atoms with Crippen molar-refractivity contribution >= 4 is 19.0 Å². The summed E-state index contributed by atoms with van der Waals surface area (Å²) >= 11 is 0. The fourth-order valence-electron chi connectivity index (χ4n) is 3.34. The molecule has 0 fully saturated rings. The average Bonchev–Trinajstić information content (AvgIpc) is 2.74. The Morgan fingerprint density at radius 1 is 1.03 bits per heavy atom. The second kappa shape index (κ2) is 14.4. The number of carbonyl (C=O) groups is 2. The number of Topliss-reactive ketones (excluding diaryl/α,β-unsaturated/α-hetero) is 1. The van der Waals surface area contributed by atoms with E-state index in [2.05, 4.69) is 5.32 Å². The molecule has 1 amide bonds. The molecule has 1 unspecified atom stereocenters. The summed E-state index contributed by atoms with van der Waals surface area (Å²) in [7, 11) is 0.830. The maximum atomic E-state index is 12.1. The predicted molar refractivity (Wildman–Crippen MR) is 134 cm³/mol. The van der Waals surface area contributed by atoms with E-state index in [-0.39, 0.29) is 35.3 Å². The van der Waals surface area contributed by atoms with Gasteiger partial charge in [0, 0.05) is 13.1 Å². The number of hydrogen-bond acceptors (Lipinski definition) is 6. The summed E-state index contributed by atoms with van der Waals surface area (Å²) in [6, 6.07) is 7.57. The number of nitrogens with one attached hydrogen (secondary N) is 1. The number of ether oxygens (including phenoxy) is 3. The highest BCUT2D eigenvalue weighted by atomic mass is 16.5. The monoisotopic (exact) mass is 462 g/mol. The summed E-state index contributed by atoms with van der Waals surface area (Å²) in [4.78, 5) is 23.7. The van der Waals surface area contributed by atoms with Gasteiger partial charge in [0.25, 0.3) is 5.91 Å². The highest BCUT2D eigenvalue weighted by Crippen LogP contribution is 2.20. The quantitative estimate of drug-likeness (QED) is 0.346. The van der Waals surface area contributed by atoms with Crippen molar-refractivity contribution in [3.8, 4) is 5.75 Å². The van der Waals surface area contributed by atoms with Gasteiger partial charge in [-0.1, -0.05) is 19.0 Å². The molecule has 33 heavy (non-hydrogen) atoms. The molecular formula is C25H43BN2O5. The molecule has 0 bridgehead atoms. The van der Waals surface area contributed by atoms with Crippen molar-refractivity contribution in [1.29, 1.82) is 0 Å². The standard InChI is InChI=1S/C25H43BN2O5/c1-19(29)22(26-6)17-20-7-9-21(10-8-20)31-18-23(30)28-14-11-24(2,3)32-15-12-25(4,5)33-16-13-27/h7-10,22,26H,11-18,27H2,1-6H3,(H,28,30). The summed E-state index contributed by atoms with van der Waals surface area (Å²) < 4.78 is 17.3. The lowest BCUT2D eigenvalue weighted by molar-refractivity contribution is -0.123. The Morgan fingerprint density at radius 3 is 2.21 bits per heavy atom. The van der Waals surface area contributed by atoms with Crippen LogP contribution in [-0.4, -0.2) is 63.1 Å². The van der Waals surface area contributed by atoms with E-state index in [0.29, 0.717) is 38.5 Å². The lowest BCUT2D eigenvalue weighted by Crippen LogP contribution is -2.36. The van der Waals surface area contributed by atoms with Gasteiger partial charge >= 0.3 is 0 Å². The van der Waals surface area contributed by atoms with Crippen LogP contribution in [0, 0.1) is 0 Å². The molecule has 0 radical (unpaired) electrons. The number of carbonyl (C=O) groups excluding carboxylic acids is 2. The summed E-state index contributed by atoms with van der Waals surface area (Å²) in [5, 5.41) is 2.88. The minimum atomic E-state index is -0.357. The van der Waals surface area contributed by atoms with Crippen LogP contribution >= 0.6 is 0 Å². The molecule has 0 saturated heterocycles. The normalized spacial score (nSPS) is 12.8. The first-order valence-electron chi connectivity index (χ1n) is 11.9. The van der Waals surface area contributed by atoms with E-state index in [9.17, 15) is 9.59 Å². The van der Waals surface area contributed by atoms with Gasteiger partial charge in [-0.05, 0) is 77.4 Å². The summed E-state index contributed by atoms with van der Waals surface area (Å²) in [6.07, 6.45) is 2.18. The van der Waals surface area contributed by atoms with Gasteiger partial charge in [0.1, 0.15) is 18.8 Å². The molecule has 8 heteroatoms. The highest BCUT2D eigenvalue weighted by molar-refractivity contribution is 6.42. The van der Waals surface area contributed by atoms with Gasteiger partial charge in [-0.2, -0.15) is 0 Å². The summed E-state index contributed by atoms with van der Waals surface area (Å²) in [5.74, 6) is 0.719. The Morgan fingerprint density at radius 2 is 1.64 bits per heavy atom. The fourth-order valence-corrected chi connectivity index (χ4v) is 3.34. The number of benzene rings is 1. The van der Waals surface area contributed by atoms with Gasteiger partial charge in [-0.15, -0.1) is 0 Å². The summed E-state index contributed by atoms with van der Waals surface area (Å²) in [5.41, 5.74) is 5.95. The smallest absolute Gasteiger partial charge is 0.257 e. The summed E-state index contributed by atoms with van der Waals surface area (Å²) in [6.45, 7) is 13.8. The molecular weight excluding hydrogens is 419 g/mol. The second-order valence-corrected chi connectivity index (χ2v) is 9.71. The van der Waals surface area contributed by atoms with Crippen molar-refractivity contribution < 1.29 is 23.8 Å². The third-order valence-corrected chi connectivity index (χ3v) is 5.70. The number of ketones is 1. The maximum Gasteiger partial charge on any atom is 0.257 e. The SMILES string of the molecule is CBC(Cc1ccc(OCC(=O)NCCC(C)(C)OCCC(C)(C)OCCN)cc1)C(C)=O. The molecule has 0 saturated carbocycles. The van der Waals surface area contributed by atoms with Crippen LogP contribution in [0.1, 0.15) is 53.0 Å². The molecule has 0 aliphatic carbocycles. The van der Waals surface area contributed by atoms with Crippen molar-refractivity contribution in [2.24, 2.45) is 5.73 Å². The lowest BCUT2D eigenvalue weighted by atomic mass is 9.63. The van der Waals surface area contributed by atoms with Crippen LogP contribution in [0.5, 0.6) is 5.75 Å². The molecule has 1 aromatic carbocycles. The number of nitrogens with two attached hydrogens (primary N) is 1. The molecule has 1 atom stereocenters. The van der Waals surface area contributed by atoms with Gasteiger partial charge in [-0.3, -0.25) is 4.79 Å². The zero-order chi connectivity index (χ0) is 24.9. The van der Waals surface area contributed by atoms with E-state index in [1.807, 2.05) is 58.8 Å². The van der Waals surface area contributed by atoms with Gasteiger partial charge in [0.05, 0.1) is 24.4 Å². The zero-order valence-electron chi connectivity index (χ0n) is 21.4. The van der Waals surface area contributed by atoms with Crippen LogP contribution in [0.3, 0.4) is 0 Å². The third kappa shape index (κ3) is 12.8.